The Hall–Kier alpha value is -2.50. The number of carbonyl (C=O) groups excluding carboxylic acids is 1. The van der Waals surface area contributed by atoms with Crippen LogP contribution in [0.5, 0.6) is 0 Å². The van der Waals surface area contributed by atoms with Crippen molar-refractivity contribution in [2.75, 3.05) is 0 Å². The van der Waals surface area contributed by atoms with Crippen LogP contribution in [0.15, 0.2) is 47.1 Å². The molecule has 2 N–H and O–H groups in total. The van der Waals surface area contributed by atoms with Gasteiger partial charge in [0, 0.05) is 23.3 Å². The Kier molecular flexibility index (Phi) is 6.48. The Balaban J connectivity index is 1.65. The second-order valence-electron chi connectivity index (χ2n) is 12.4. The van der Waals surface area contributed by atoms with E-state index in [0.29, 0.717) is 31.2 Å². The molecular formula is C31H33F5O3. The molecule has 0 radical (unpaired) electrons. The van der Waals surface area contributed by atoms with E-state index in [4.69, 9.17) is 0 Å². The van der Waals surface area contributed by atoms with Gasteiger partial charge < -0.3 is 10.2 Å². The fraction of sp³-hybridized carbons (Fsp3) is 0.581. The average Bonchev–Trinajstić information content (AvgIpc) is 3.13. The van der Waals surface area contributed by atoms with Crippen LogP contribution in [0.4, 0.5) is 22.0 Å². The molecule has 0 amide bonds. The Morgan fingerprint density at radius 3 is 2.28 bits per heavy atom. The van der Waals surface area contributed by atoms with Gasteiger partial charge in [-0.25, -0.2) is 0 Å². The molecule has 0 bridgehead atoms. The maximum atomic E-state index is 15.1. The normalized spacial score (nSPS) is 33.0. The van der Waals surface area contributed by atoms with Gasteiger partial charge in [-0.15, -0.1) is 0 Å². The summed E-state index contributed by atoms with van der Waals surface area (Å²) in [5.74, 6) is -0.880. The predicted octanol–water partition coefficient (Wildman–Crippen LogP) is 6.64. The molecule has 0 saturated heterocycles. The fourth-order valence-corrected chi connectivity index (χ4v) is 7.74. The number of fused-ring (bicyclic) bond motifs is 4. The van der Waals surface area contributed by atoms with Crippen molar-refractivity contribution in [2.45, 2.75) is 94.9 Å². The van der Waals surface area contributed by atoms with Crippen LogP contribution in [0, 0.1) is 29.1 Å². The standard InChI is InChI=1S/C31H33F5O3/c1-27(2,38)14-12-18-4-6-19(7-5-18)24-17-28(3)25(13-15-29(28,39)30(32,33)31(34,35)36)23-10-8-20-16-21(37)9-11-22(20)26(23)24/h4-7,16,23-25,38-39H,8-11,13,15,17H2,1-3H3/t23-,24+,25-,28-,29-/m0/s1. The number of rotatable bonds is 2. The first kappa shape index (κ1) is 28.0. The highest BCUT2D eigenvalue weighted by Crippen LogP contribution is 2.70. The van der Waals surface area contributed by atoms with Gasteiger partial charge in [-0.1, -0.05) is 36.5 Å². The van der Waals surface area contributed by atoms with E-state index in [-0.39, 0.29) is 24.5 Å². The molecule has 1 aromatic carbocycles. The van der Waals surface area contributed by atoms with Crippen LogP contribution < -0.4 is 0 Å². The Bertz CT molecular complexity index is 1300. The van der Waals surface area contributed by atoms with E-state index >= 15 is 8.78 Å². The van der Waals surface area contributed by atoms with Crippen LogP contribution >= 0.6 is 0 Å². The summed E-state index contributed by atoms with van der Waals surface area (Å²) in [6, 6.07) is 7.10. The zero-order chi connectivity index (χ0) is 28.6. The summed E-state index contributed by atoms with van der Waals surface area (Å²) in [6.07, 6.45) is -2.86. The largest absolute Gasteiger partial charge is 0.456 e. The highest BCUT2D eigenvalue weighted by atomic mass is 19.4. The molecule has 2 saturated carbocycles. The maximum absolute atomic E-state index is 15.1. The van der Waals surface area contributed by atoms with Gasteiger partial charge in [-0.3, -0.25) is 4.79 Å². The van der Waals surface area contributed by atoms with Gasteiger partial charge in [0.1, 0.15) is 11.2 Å². The van der Waals surface area contributed by atoms with E-state index in [1.54, 1.807) is 44.2 Å². The van der Waals surface area contributed by atoms with E-state index in [1.165, 1.54) is 6.92 Å². The number of carbonyl (C=O) groups is 1. The molecular weight excluding hydrogens is 515 g/mol. The molecule has 4 aliphatic rings. The van der Waals surface area contributed by atoms with Crippen molar-refractivity contribution >= 4 is 5.78 Å². The summed E-state index contributed by atoms with van der Waals surface area (Å²) in [4.78, 5) is 12.2. The molecule has 8 heteroatoms. The minimum Gasteiger partial charge on any atom is -0.383 e. The van der Waals surface area contributed by atoms with Crippen molar-refractivity contribution in [1.82, 2.24) is 0 Å². The molecule has 39 heavy (non-hydrogen) atoms. The topological polar surface area (TPSA) is 57.5 Å². The van der Waals surface area contributed by atoms with Crippen molar-refractivity contribution in [3.05, 3.63) is 58.2 Å². The molecule has 5 rings (SSSR count). The highest BCUT2D eigenvalue weighted by molar-refractivity contribution is 5.93. The first-order chi connectivity index (χ1) is 18.0. The minimum absolute atomic E-state index is 0.0415. The Morgan fingerprint density at radius 1 is 1.00 bits per heavy atom. The molecule has 4 aliphatic carbocycles. The van der Waals surface area contributed by atoms with Gasteiger partial charge in [0.2, 0.25) is 0 Å². The lowest BCUT2D eigenvalue weighted by atomic mass is 9.50. The summed E-state index contributed by atoms with van der Waals surface area (Å²) in [5.41, 5.74) is -1.73. The molecule has 210 valence electrons. The van der Waals surface area contributed by atoms with Crippen LogP contribution in [-0.4, -0.2) is 39.3 Å². The van der Waals surface area contributed by atoms with E-state index in [0.717, 1.165) is 22.3 Å². The van der Waals surface area contributed by atoms with Crippen LogP contribution in [0.25, 0.3) is 0 Å². The first-order valence-electron chi connectivity index (χ1n) is 13.5. The third kappa shape index (κ3) is 4.37. The number of halogens is 5. The molecule has 0 aromatic heterocycles. The fourth-order valence-electron chi connectivity index (χ4n) is 7.74. The lowest BCUT2D eigenvalue weighted by molar-refractivity contribution is -0.362. The number of ketones is 1. The summed E-state index contributed by atoms with van der Waals surface area (Å²) in [6.45, 7) is 4.53. The monoisotopic (exact) mass is 548 g/mol. The second-order valence-corrected chi connectivity index (χ2v) is 12.4. The number of allylic oxidation sites excluding steroid dienone is 4. The summed E-state index contributed by atoms with van der Waals surface area (Å²) in [7, 11) is 0. The lowest BCUT2D eigenvalue weighted by Gasteiger charge is -2.56. The first-order valence-corrected chi connectivity index (χ1v) is 13.5. The SMILES string of the molecule is CC(C)(O)C#Cc1ccc([C@H]2C[C@@]3(C)[C@@H](CC[C@@]3(O)C(F)(F)C(F)(F)F)[C@@H]3CCC4=CC(=O)CCC4=C32)cc1. The van der Waals surface area contributed by atoms with Crippen molar-refractivity contribution in [2.24, 2.45) is 17.3 Å². The zero-order valence-corrected chi connectivity index (χ0v) is 22.3. The van der Waals surface area contributed by atoms with E-state index < -0.39 is 47.0 Å². The van der Waals surface area contributed by atoms with Gasteiger partial charge in [0.05, 0.1) is 0 Å². The van der Waals surface area contributed by atoms with Crippen LogP contribution in [0.3, 0.4) is 0 Å². The summed E-state index contributed by atoms with van der Waals surface area (Å²) < 4.78 is 71.2. The molecule has 0 aliphatic heterocycles. The molecule has 2 fully saturated rings. The number of hydrogen-bond donors (Lipinski definition) is 2. The third-order valence-corrected chi connectivity index (χ3v) is 9.59. The Morgan fingerprint density at radius 2 is 1.67 bits per heavy atom. The van der Waals surface area contributed by atoms with E-state index in [1.807, 2.05) is 0 Å². The van der Waals surface area contributed by atoms with Crippen LogP contribution in [0.2, 0.25) is 0 Å². The van der Waals surface area contributed by atoms with E-state index in [9.17, 15) is 28.2 Å². The van der Waals surface area contributed by atoms with Gasteiger partial charge in [-0.2, -0.15) is 22.0 Å². The number of aliphatic hydroxyl groups is 2. The highest BCUT2D eigenvalue weighted by Gasteiger charge is 2.79. The number of alkyl halides is 5. The van der Waals surface area contributed by atoms with Crippen molar-refractivity contribution < 1.29 is 37.0 Å². The predicted molar refractivity (Wildman–Crippen MR) is 136 cm³/mol. The number of hydrogen-bond acceptors (Lipinski definition) is 3. The summed E-state index contributed by atoms with van der Waals surface area (Å²) >= 11 is 0. The van der Waals surface area contributed by atoms with Gasteiger partial charge in [-0.05, 0) is 99.1 Å². The Labute approximate surface area is 225 Å². The average molecular weight is 549 g/mol. The third-order valence-electron chi connectivity index (χ3n) is 9.59. The number of benzene rings is 1. The zero-order valence-electron chi connectivity index (χ0n) is 22.3. The molecule has 1 aromatic rings. The summed E-state index contributed by atoms with van der Waals surface area (Å²) in [5, 5.41) is 21.2. The maximum Gasteiger partial charge on any atom is 0.456 e. The molecule has 5 atom stereocenters. The van der Waals surface area contributed by atoms with Gasteiger partial charge >= 0.3 is 12.1 Å². The van der Waals surface area contributed by atoms with E-state index in [2.05, 4.69) is 11.8 Å². The van der Waals surface area contributed by atoms with Crippen molar-refractivity contribution in [1.29, 1.82) is 0 Å². The molecule has 3 nitrogen and oxygen atoms in total. The minimum atomic E-state index is -5.87. The molecule has 0 heterocycles. The molecule has 0 spiro atoms. The van der Waals surface area contributed by atoms with Gasteiger partial charge in [0.15, 0.2) is 5.78 Å². The van der Waals surface area contributed by atoms with Crippen molar-refractivity contribution in [3.8, 4) is 11.8 Å². The second kappa shape index (κ2) is 9.01. The lowest BCUT2D eigenvalue weighted by Crippen LogP contribution is -2.65. The van der Waals surface area contributed by atoms with Gasteiger partial charge in [0.25, 0.3) is 0 Å². The van der Waals surface area contributed by atoms with Crippen LogP contribution in [0.1, 0.15) is 82.8 Å². The molecule has 0 unspecified atom stereocenters. The van der Waals surface area contributed by atoms with Crippen LogP contribution in [-0.2, 0) is 4.79 Å². The van der Waals surface area contributed by atoms with Crippen molar-refractivity contribution in [3.63, 3.8) is 0 Å². The quantitative estimate of drug-likeness (QED) is 0.322. The smallest absolute Gasteiger partial charge is 0.383 e.